The first-order chi connectivity index (χ1) is 8.41. The summed E-state index contributed by atoms with van der Waals surface area (Å²) in [6, 6.07) is 5.21. The van der Waals surface area contributed by atoms with Gasteiger partial charge in [-0.25, -0.2) is 0 Å². The molecule has 0 saturated carbocycles. The van der Waals surface area contributed by atoms with Crippen molar-refractivity contribution in [2.45, 2.75) is 18.6 Å². The standard InChI is InChI=1S/C12H15ClINO2S/c1-8(18(2)17)5-6-15-12(16)10-7-9(13)3-4-11(10)14/h3-4,7-8H,5-6H2,1-2H3,(H,15,16). The first-order valence-electron chi connectivity index (χ1n) is 5.47. The van der Waals surface area contributed by atoms with Crippen LogP contribution in [-0.4, -0.2) is 28.2 Å². The first-order valence-corrected chi connectivity index (χ1v) is 8.55. The van der Waals surface area contributed by atoms with E-state index in [1.807, 2.05) is 13.0 Å². The Morgan fingerprint density at radius 3 is 2.83 bits per heavy atom. The van der Waals surface area contributed by atoms with E-state index in [9.17, 15) is 9.00 Å². The van der Waals surface area contributed by atoms with Crippen LogP contribution < -0.4 is 5.32 Å². The Morgan fingerprint density at radius 2 is 2.22 bits per heavy atom. The Kier molecular flexibility index (Phi) is 6.59. The molecule has 0 fully saturated rings. The summed E-state index contributed by atoms with van der Waals surface area (Å²) in [5.41, 5.74) is 0.577. The molecule has 2 atom stereocenters. The van der Waals surface area contributed by atoms with Gasteiger partial charge in [-0.1, -0.05) is 18.5 Å². The van der Waals surface area contributed by atoms with Gasteiger partial charge in [0.15, 0.2) is 0 Å². The molecule has 3 nitrogen and oxygen atoms in total. The highest BCUT2D eigenvalue weighted by atomic mass is 127. The maximum absolute atomic E-state index is 11.9. The van der Waals surface area contributed by atoms with Crippen LogP contribution in [0.3, 0.4) is 0 Å². The molecule has 6 heteroatoms. The topological polar surface area (TPSA) is 46.2 Å². The maximum atomic E-state index is 11.9. The molecule has 2 unspecified atom stereocenters. The molecule has 1 amide bonds. The fraction of sp³-hybridized carbons (Fsp3) is 0.417. The van der Waals surface area contributed by atoms with Crippen molar-refractivity contribution in [3.63, 3.8) is 0 Å². The summed E-state index contributed by atoms with van der Waals surface area (Å²) in [7, 11) is -0.851. The first kappa shape index (κ1) is 15.9. The van der Waals surface area contributed by atoms with E-state index in [0.29, 0.717) is 23.6 Å². The Bertz CT molecular complexity index is 467. The average molecular weight is 400 g/mol. The number of amides is 1. The van der Waals surface area contributed by atoms with Crippen LogP contribution in [0.25, 0.3) is 0 Å². The van der Waals surface area contributed by atoms with Crippen molar-refractivity contribution in [2.24, 2.45) is 0 Å². The van der Waals surface area contributed by atoms with Gasteiger partial charge in [-0.2, -0.15) is 0 Å². The van der Waals surface area contributed by atoms with Crippen LogP contribution >= 0.6 is 34.2 Å². The number of rotatable bonds is 5. The number of halogens is 2. The smallest absolute Gasteiger partial charge is 0.252 e. The average Bonchev–Trinajstić information content (AvgIpc) is 2.31. The normalized spacial score (nSPS) is 14.0. The second-order valence-corrected chi connectivity index (χ2v) is 7.38. The molecular formula is C12H15ClINO2S. The molecule has 0 heterocycles. The summed E-state index contributed by atoms with van der Waals surface area (Å²) in [6.45, 7) is 2.42. The van der Waals surface area contributed by atoms with E-state index in [1.165, 1.54) is 0 Å². The molecule has 1 aromatic rings. The lowest BCUT2D eigenvalue weighted by atomic mass is 10.2. The second-order valence-electron chi connectivity index (χ2n) is 3.98. The zero-order chi connectivity index (χ0) is 13.7. The van der Waals surface area contributed by atoms with Gasteiger partial charge in [-0.05, 0) is 47.2 Å². The molecule has 1 aromatic carbocycles. The van der Waals surface area contributed by atoms with E-state index in [4.69, 9.17) is 11.6 Å². The van der Waals surface area contributed by atoms with Gasteiger partial charge in [0.2, 0.25) is 0 Å². The molecule has 0 aliphatic carbocycles. The van der Waals surface area contributed by atoms with E-state index in [0.717, 1.165) is 3.57 Å². The van der Waals surface area contributed by atoms with E-state index in [-0.39, 0.29) is 11.2 Å². The highest BCUT2D eigenvalue weighted by Gasteiger charge is 2.11. The van der Waals surface area contributed by atoms with Gasteiger partial charge in [0, 0.05) is 37.4 Å². The molecule has 1 rings (SSSR count). The number of carbonyl (C=O) groups is 1. The van der Waals surface area contributed by atoms with Gasteiger partial charge in [0.05, 0.1) is 5.56 Å². The van der Waals surface area contributed by atoms with Crippen LogP contribution in [0.4, 0.5) is 0 Å². The minimum Gasteiger partial charge on any atom is -0.352 e. The molecule has 1 N–H and O–H groups in total. The highest BCUT2D eigenvalue weighted by molar-refractivity contribution is 14.1. The van der Waals surface area contributed by atoms with Crippen LogP contribution in [0.15, 0.2) is 18.2 Å². The fourth-order valence-electron chi connectivity index (χ4n) is 1.32. The molecule has 0 aliphatic rings. The molecular weight excluding hydrogens is 385 g/mol. The van der Waals surface area contributed by atoms with Crippen LogP contribution in [-0.2, 0) is 10.8 Å². The van der Waals surface area contributed by atoms with Gasteiger partial charge >= 0.3 is 0 Å². The molecule has 0 bridgehead atoms. The van der Waals surface area contributed by atoms with Crippen LogP contribution in [0.1, 0.15) is 23.7 Å². The second kappa shape index (κ2) is 7.45. The number of benzene rings is 1. The Balaban J connectivity index is 2.55. The number of hydrogen-bond donors (Lipinski definition) is 1. The van der Waals surface area contributed by atoms with E-state index in [1.54, 1.807) is 18.4 Å². The monoisotopic (exact) mass is 399 g/mol. The molecule has 0 aromatic heterocycles. The quantitative estimate of drug-likeness (QED) is 0.774. The van der Waals surface area contributed by atoms with Gasteiger partial charge in [-0.15, -0.1) is 0 Å². The van der Waals surface area contributed by atoms with Crippen molar-refractivity contribution in [2.75, 3.05) is 12.8 Å². The minimum atomic E-state index is -0.851. The van der Waals surface area contributed by atoms with Crippen LogP contribution in [0.2, 0.25) is 5.02 Å². The third kappa shape index (κ3) is 4.85. The Labute approximate surface area is 128 Å². The highest BCUT2D eigenvalue weighted by Crippen LogP contribution is 2.17. The SMILES string of the molecule is CC(CCNC(=O)c1cc(Cl)ccc1I)S(C)=O. The van der Waals surface area contributed by atoms with Crippen molar-refractivity contribution in [1.82, 2.24) is 5.32 Å². The van der Waals surface area contributed by atoms with Crippen LogP contribution in [0.5, 0.6) is 0 Å². The number of hydrogen-bond acceptors (Lipinski definition) is 2. The lowest BCUT2D eigenvalue weighted by molar-refractivity contribution is 0.0952. The Morgan fingerprint density at radius 1 is 1.56 bits per heavy atom. The third-order valence-electron chi connectivity index (χ3n) is 2.58. The van der Waals surface area contributed by atoms with Gasteiger partial charge in [0.1, 0.15) is 0 Å². The lowest BCUT2D eigenvalue weighted by Crippen LogP contribution is -2.28. The summed E-state index contributed by atoms with van der Waals surface area (Å²) < 4.78 is 12.0. The summed E-state index contributed by atoms with van der Waals surface area (Å²) in [5.74, 6) is -0.143. The molecule has 18 heavy (non-hydrogen) atoms. The van der Waals surface area contributed by atoms with E-state index >= 15 is 0 Å². The fourth-order valence-corrected chi connectivity index (χ4v) is 2.52. The zero-order valence-corrected chi connectivity index (χ0v) is 13.9. The molecule has 0 spiro atoms. The van der Waals surface area contributed by atoms with Crippen molar-refractivity contribution in [3.05, 3.63) is 32.4 Å². The van der Waals surface area contributed by atoms with Crippen LogP contribution in [0, 0.1) is 3.57 Å². The predicted molar refractivity (Wildman–Crippen MR) is 84.6 cm³/mol. The summed E-state index contributed by atoms with van der Waals surface area (Å²) in [6.07, 6.45) is 2.37. The molecule has 0 saturated heterocycles. The summed E-state index contributed by atoms with van der Waals surface area (Å²) >= 11 is 7.96. The predicted octanol–water partition coefficient (Wildman–Crippen LogP) is 2.83. The van der Waals surface area contributed by atoms with Gasteiger partial charge < -0.3 is 5.32 Å². The molecule has 0 aliphatic heterocycles. The van der Waals surface area contributed by atoms with E-state index in [2.05, 4.69) is 27.9 Å². The van der Waals surface area contributed by atoms with Crippen molar-refractivity contribution < 1.29 is 9.00 Å². The summed E-state index contributed by atoms with van der Waals surface area (Å²) in [4.78, 5) is 11.9. The summed E-state index contributed by atoms with van der Waals surface area (Å²) in [5, 5.41) is 3.45. The lowest BCUT2D eigenvalue weighted by Gasteiger charge is -2.10. The van der Waals surface area contributed by atoms with Crippen molar-refractivity contribution >= 4 is 50.9 Å². The van der Waals surface area contributed by atoms with Gasteiger partial charge in [-0.3, -0.25) is 9.00 Å². The zero-order valence-electron chi connectivity index (χ0n) is 10.2. The van der Waals surface area contributed by atoms with Crippen molar-refractivity contribution in [1.29, 1.82) is 0 Å². The minimum absolute atomic E-state index is 0.0868. The molecule has 100 valence electrons. The van der Waals surface area contributed by atoms with Gasteiger partial charge in [0.25, 0.3) is 5.91 Å². The third-order valence-corrected chi connectivity index (χ3v) is 5.12. The van der Waals surface area contributed by atoms with Crippen molar-refractivity contribution in [3.8, 4) is 0 Å². The number of carbonyl (C=O) groups excluding carboxylic acids is 1. The molecule has 0 radical (unpaired) electrons. The number of nitrogens with one attached hydrogen (secondary N) is 1. The largest absolute Gasteiger partial charge is 0.352 e. The maximum Gasteiger partial charge on any atom is 0.252 e. The van der Waals surface area contributed by atoms with E-state index < -0.39 is 10.8 Å². The Hall–Kier alpha value is -0.140.